The van der Waals surface area contributed by atoms with Crippen LogP contribution in [0.25, 0.3) is 16.9 Å². The van der Waals surface area contributed by atoms with E-state index in [1.165, 1.54) is 6.07 Å². The normalized spacial score (nSPS) is 12.8. The van der Waals surface area contributed by atoms with Crippen molar-refractivity contribution in [2.24, 2.45) is 0 Å². The highest BCUT2D eigenvalue weighted by Crippen LogP contribution is 2.30. The number of ether oxygens (including phenoxy) is 1. The van der Waals surface area contributed by atoms with Gasteiger partial charge < -0.3 is 10.1 Å². The van der Waals surface area contributed by atoms with Gasteiger partial charge in [0.2, 0.25) is 5.95 Å². The van der Waals surface area contributed by atoms with Crippen molar-refractivity contribution in [3.63, 3.8) is 0 Å². The Morgan fingerprint density at radius 3 is 3.04 bits per heavy atom. The minimum atomic E-state index is -0.253. The van der Waals surface area contributed by atoms with Crippen molar-refractivity contribution in [3.8, 4) is 17.0 Å². The first-order valence-electron chi connectivity index (χ1n) is 8.58. The standard InChI is InChI=1S/C19H15FN6O/c20-15-4-5-17-12(6-8-27-17)13(15)9-22-19-23-10-14(16-3-1-2-7-21-16)18-25-24-11-26(18)19/h1-5,7,10-11H,6,8-9H2,(H,22,23). The first kappa shape index (κ1) is 15.7. The SMILES string of the molecule is Fc1ccc2c(c1CNc1ncc(-c3ccccn3)c3nncn13)CCO2. The van der Waals surface area contributed by atoms with E-state index < -0.39 is 0 Å². The molecule has 0 aliphatic carbocycles. The van der Waals surface area contributed by atoms with Crippen LogP contribution < -0.4 is 10.1 Å². The number of benzene rings is 1. The summed E-state index contributed by atoms with van der Waals surface area (Å²) in [6.07, 6.45) is 5.70. The van der Waals surface area contributed by atoms with Crippen molar-refractivity contribution in [2.75, 3.05) is 11.9 Å². The summed E-state index contributed by atoms with van der Waals surface area (Å²) < 4.78 is 21.6. The van der Waals surface area contributed by atoms with Crippen molar-refractivity contribution < 1.29 is 9.13 Å². The van der Waals surface area contributed by atoms with Crippen LogP contribution in [0.5, 0.6) is 5.75 Å². The van der Waals surface area contributed by atoms with Crippen LogP contribution in [0.4, 0.5) is 10.3 Å². The molecule has 134 valence electrons. The Bertz CT molecular complexity index is 1130. The number of fused-ring (bicyclic) bond motifs is 2. The van der Waals surface area contributed by atoms with Gasteiger partial charge in [-0.05, 0) is 24.3 Å². The maximum absolute atomic E-state index is 14.3. The molecule has 0 atom stereocenters. The van der Waals surface area contributed by atoms with E-state index in [-0.39, 0.29) is 5.82 Å². The second kappa shape index (κ2) is 6.31. The van der Waals surface area contributed by atoms with Crippen LogP contribution in [0.1, 0.15) is 11.1 Å². The fourth-order valence-corrected chi connectivity index (χ4v) is 3.33. The zero-order valence-electron chi connectivity index (χ0n) is 14.3. The summed E-state index contributed by atoms with van der Waals surface area (Å²) >= 11 is 0. The van der Waals surface area contributed by atoms with E-state index in [1.54, 1.807) is 29.2 Å². The summed E-state index contributed by atoms with van der Waals surface area (Å²) in [7, 11) is 0. The van der Waals surface area contributed by atoms with Crippen LogP contribution in [0.2, 0.25) is 0 Å². The van der Waals surface area contributed by atoms with Gasteiger partial charge in [0.1, 0.15) is 17.9 Å². The number of hydrogen-bond donors (Lipinski definition) is 1. The van der Waals surface area contributed by atoms with E-state index in [4.69, 9.17) is 4.74 Å². The second-order valence-electron chi connectivity index (χ2n) is 6.19. The summed E-state index contributed by atoms with van der Waals surface area (Å²) in [5.74, 6) is 1.03. The Morgan fingerprint density at radius 1 is 1.19 bits per heavy atom. The molecule has 8 heteroatoms. The Labute approximate surface area is 153 Å². The Morgan fingerprint density at radius 2 is 2.15 bits per heavy atom. The van der Waals surface area contributed by atoms with Crippen molar-refractivity contribution in [1.29, 1.82) is 0 Å². The molecule has 27 heavy (non-hydrogen) atoms. The molecular weight excluding hydrogens is 347 g/mol. The van der Waals surface area contributed by atoms with Gasteiger partial charge >= 0.3 is 0 Å². The number of nitrogens with zero attached hydrogens (tertiary/aromatic N) is 5. The first-order valence-corrected chi connectivity index (χ1v) is 8.58. The van der Waals surface area contributed by atoms with Crippen molar-refractivity contribution in [2.45, 2.75) is 13.0 Å². The van der Waals surface area contributed by atoms with Crippen molar-refractivity contribution >= 4 is 11.6 Å². The third-order valence-electron chi connectivity index (χ3n) is 4.64. The lowest BCUT2D eigenvalue weighted by Crippen LogP contribution is -2.09. The van der Waals surface area contributed by atoms with Crippen LogP contribution in [0.3, 0.4) is 0 Å². The summed E-state index contributed by atoms with van der Waals surface area (Å²) in [5, 5.41) is 11.4. The molecule has 1 aliphatic heterocycles. The number of anilines is 1. The first-order chi connectivity index (χ1) is 13.3. The topological polar surface area (TPSA) is 77.2 Å². The fourth-order valence-electron chi connectivity index (χ4n) is 3.33. The molecule has 1 N–H and O–H groups in total. The molecule has 4 aromatic rings. The van der Waals surface area contributed by atoms with Crippen LogP contribution in [0, 0.1) is 5.82 Å². The molecule has 7 nitrogen and oxygen atoms in total. The van der Waals surface area contributed by atoms with E-state index in [0.717, 1.165) is 22.6 Å². The smallest absolute Gasteiger partial charge is 0.210 e. The molecule has 0 saturated heterocycles. The maximum Gasteiger partial charge on any atom is 0.210 e. The molecule has 0 unspecified atom stereocenters. The van der Waals surface area contributed by atoms with E-state index >= 15 is 0 Å². The van der Waals surface area contributed by atoms with Crippen LogP contribution in [-0.2, 0) is 13.0 Å². The maximum atomic E-state index is 14.3. The quantitative estimate of drug-likeness (QED) is 0.602. The number of halogens is 1. The average Bonchev–Trinajstić information content (AvgIpc) is 3.37. The highest BCUT2D eigenvalue weighted by molar-refractivity contribution is 5.75. The third kappa shape index (κ3) is 2.66. The van der Waals surface area contributed by atoms with Gasteiger partial charge in [-0.2, -0.15) is 0 Å². The van der Waals surface area contributed by atoms with Crippen LogP contribution in [0.15, 0.2) is 49.1 Å². The van der Waals surface area contributed by atoms with Crippen LogP contribution >= 0.6 is 0 Å². The molecule has 1 aliphatic rings. The highest BCUT2D eigenvalue weighted by Gasteiger charge is 2.20. The number of aromatic nitrogens is 5. The van der Waals surface area contributed by atoms with E-state index in [9.17, 15) is 4.39 Å². The Hall–Kier alpha value is -3.55. The third-order valence-corrected chi connectivity index (χ3v) is 4.64. The van der Waals surface area contributed by atoms with Gasteiger partial charge in [0.15, 0.2) is 5.65 Å². The molecular formula is C19H15FN6O. The number of pyridine rings is 1. The van der Waals surface area contributed by atoms with Gasteiger partial charge in [0.25, 0.3) is 0 Å². The Balaban J connectivity index is 1.49. The lowest BCUT2D eigenvalue weighted by molar-refractivity contribution is 0.356. The van der Waals surface area contributed by atoms with Gasteiger partial charge in [-0.1, -0.05) is 6.07 Å². The molecule has 0 spiro atoms. The minimum absolute atomic E-state index is 0.253. The summed E-state index contributed by atoms with van der Waals surface area (Å²) in [5.41, 5.74) is 3.68. The predicted octanol–water partition coefficient (Wildman–Crippen LogP) is 2.87. The lowest BCUT2D eigenvalue weighted by Gasteiger charge is -2.12. The number of rotatable bonds is 4. The zero-order chi connectivity index (χ0) is 18.2. The molecule has 4 heterocycles. The molecule has 0 saturated carbocycles. The predicted molar refractivity (Wildman–Crippen MR) is 96.9 cm³/mol. The molecule has 3 aromatic heterocycles. The number of nitrogens with one attached hydrogen (secondary N) is 1. The largest absolute Gasteiger partial charge is 0.493 e. The van der Waals surface area contributed by atoms with E-state index in [2.05, 4.69) is 25.5 Å². The van der Waals surface area contributed by atoms with E-state index in [0.29, 0.717) is 36.7 Å². The van der Waals surface area contributed by atoms with E-state index in [1.807, 2.05) is 18.2 Å². The zero-order valence-corrected chi connectivity index (χ0v) is 14.3. The van der Waals surface area contributed by atoms with Gasteiger partial charge in [-0.15, -0.1) is 10.2 Å². The van der Waals surface area contributed by atoms with Gasteiger partial charge in [-0.25, -0.2) is 9.37 Å². The average molecular weight is 362 g/mol. The fraction of sp³-hybridized carbons (Fsp3) is 0.158. The lowest BCUT2D eigenvalue weighted by atomic mass is 10.0. The minimum Gasteiger partial charge on any atom is -0.493 e. The van der Waals surface area contributed by atoms with Gasteiger partial charge in [0.05, 0.1) is 17.9 Å². The summed E-state index contributed by atoms with van der Waals surface area (Å²) in [4.78, 5) is 8.82. The van der Waals surface area contributed by atoms with Crippen LogP contribution in [-0.4, -0.2) is 31.2 Å². The van der Waals surface area contributed by atoms with Gasteiger partial charge in [0, 0.05) is 36.5 Å². The summed E-state index contributed by atoms with van der Waals surface area (Å²) in [6.45, 7) is 0.875. The molecule has 0 bridgehead atoms. The Kier molecular flexibility index (Phi) is 3.67. The van der Waals surface area contributed by atoms with Crippen molar-refractivity contribution in [3.05, 3.63) is 66.0 Å². The molecule has 5 rings (SSSR count). The second-order valence-corrected chi connectivity index (χ2v) is 6.19. The molecule has 0 amide bonds. The summed E-state index contributed by atoms with van der Waals surface area (Å²) in [6, 6.07) is 8.76. The van der Waals surface area contributed by atoms with Crippen molar-refractivity contribution in [1.82, 2.24) is 24.6 Å². The number of hydrogen-bond acceptors (Lipinski definition) is 6. The molecule has 0 fully saturated rings. The monoisotopic (exact) mass is 362 g/mol. The molecule has 1 aromatic carbocycles. The highest BCUT2D eigenvalue weighted by atomic mass is 19.1. The van der Waals surface area contributed by atoms with Gasteiger partial charge in [-0.3, -0.25) is 9.38 Å². The molecule has 0 radical (unpaired) electrons.